The third-order valence-electron chi connectivity index (χ3n) is 5.03. The van der Waals surface area contributed by atoms with E-state index in [1.54, 1.807) is 17.0 Å². The molecule has 0 saturated carbocycles. The maximum absolute atomic E-state index is 12.6. The van der Waals surface area contributed by atoms with Crippen molar-refractivity contribution in [2.24, 2.45) is 11.3 Å². The minimum absolute atomic E-state index is 0.0449. The third kappa shape index (κ3) is 3.28. The average molecular weight is 367 g/mol. The predicted octanol–water partition coefficient (Wildman–Crippen LogP) is 0.281. The van der Waals surface area contributed by atoms with E-state index in [1.165, 1.54) is 19.2 Å². The Morgan fingerprint density at radius 3 is 2.60 bits per heavy atom. The zero-order valence-electron chi connectivity index (χ0n) is 14.2. The van der Waals surface area contributed by atoms with Crippen LogP contribution in [-0.2, 0) is 35.3 Å². The third-order valence-corrected chi connectivity index (χ3v) is 6.15. The molecule has 0 unspecified atom stereocenters. The van der Waals surface area contributed by atoms with Gasteiger partial charge in [0.25, 0.3) is 0 Å². The number of carbonyl (C=O) groups is 2. The molecule has 2 saturated heterocycles. The number of sulfone groups is 1. The smallest absolute Gasteiger partial charge is 0.316 e. The van der Waals surface area contributed by atoms with Gasteiger partial charge in [0.05, 0.1) is 31.6 Å². The van der Waals surface area contributed by atoms with Gasteiger partial charge in [-0.05, 0) is 17.7 Å². The number of rotatable bonds is 4. The summed E-state index contributed by atoms with van der Waals surface area (Å²) < 4.78 is 33.3. The van der Waals surface area contributed by atoms with Crippen LogP contribution in [0.5, 0.6) is 0 Å². The molecule has 0 radical (unpaired) electrons. The van der Waals surface area contributed by atoms with Crippen molar-refractivity contribution < 1.29 is 27.5 Å². The first-order valence-electron chi connectivity index (χ1n) is 7.99. The molecular formula is C17H21NO6S. The van der Waals surface area contributed by atoms with Gasteiger partial charge >= 0.3 is 5.97 Å². The lowest BCUT2D eigenvalue weighted by atomic mass is 9.81. The number of likely N-dealkylation sites (tertiary alicyclic amines) is 1. The molecule has 2 heterocycles. The largest absolute Gasteiger partial charge is 0.468 e. The fourth-order valence-corrected chi connectivity index (χ4v) is 4.19. The van der Waals surface area contributed by atoms with Crippen molar-refractivity contribution in [3.8, 4) is 0 Å². The molecule has 136 valence electrons. The Morgan fingerprint density at radius 2 is 2.00 bits per heavy atom. The maximum atomic E-state index is 12.6. The van der Waals surface area contributed by atoms with Crippen LogP contribution in [0.15, 0.2) is 29.2 Å². The molecule has 7 nitrogen and oxygen atoms in total. The lowest BCUT2D eigenvalue weighted by Crippen LogP contribution is -2.41. The fourth-order valence-electron chi connectivity index (χ4n) is 3.56. The van der Waals surface area contributed by atoms with Crippen LogP contribution in [0.1, 0.15) is 5.56 Å². The molecule has 1 aromatic carbocycles. The second-order valence-electron chi connectivity index (χ2n) is 6.73. The van der Waals surface area contributed by atoms with Crippen LogP contribution >= 0.6 is 0 Å². The van der Waals surface area contributed by atoms with E-state index in [9.17, 15) is 18.0 Å². The SMILES string of the molecule is COC(=O)[C@@]12COC[C@@H]1CN(C(=O)Cc1ccc(S(C)(=O)=O)cc1)C2. The predicted molar refractivity (Wildman–Crippen MR) is 88.6 cm³/mol. The number of ether oxygens (including phenoxy) is 2. The Labute approximate surface area is 146 Å². The summed E-state index contributed by atoms with van der Waals surface area (Å²) >= 11 is 0. The summed E-state index contributed by atoms with van der Waals surface area (Å²) in [5.41, 5.74) is -0.0253. The van der Waals surface area contributed by atoms with Gasteiger partial charge < -0.3 is 14.4 Å². The van der Waals surface area contributed by atoms with E-state index < -0.39 is 15.3 Å². The van der Waals surface area contributed by atoms with E-state index in [1.807, 2.05) is 0 Å². The van der Waals surface area contributed by atoms with Gasteiger partial charge in [-0.2, -0.15) is 0 Å². The second kappa shape index (κ2) is 6.42. The molecule has 2 aliphatic rings. The van der Waals surface area contributed by atoms with Crippen molar-refractivity contribution in [3.05, 3.63) is 29.8 Å². The summed E-state index contributed by atoms with van der Waals surface area (Å²) in [6, 6.07) is 6.29. The molecule has 0 aliphatic carbocycles. The van der Waals surface area contributed by atoms with Gasteiger partial charge in [-0.1, -0.05) is 12.1 Å². The number of amides is 1. The van der Waals surface area contributed by atoms with Gasteiger partial charge in [0.2, 0.25) is 5.91 Å². The molecule has 2 atom stereocenters. The minimum Gasteiger partial charge on any atom is -0.468 e. The number of methoxy groups -OCH3 is 1. The molecule has 25 heavy (non-hydrogen) atoms. The molecule has 0 spiro atoms. The van der Waals surface area contributed by atoms with Gasteiger partial charge in [0, 0.05) is 25.3 Å². The van der Waals surface area contributed by atoms with Crippen LogP contribution in [0.25, 0.3) is 0 Å². The quantitative estimate of drug-likeness (QED) is 0.710. The Balaban J connectivity index is 1.70. The zero-order chi connectivity index (χ0) is 18.2. The normalized spacial score (nSPS) is 25.7. The highest BCUT2D eigenvalue weighted by Gasteiger charge is 2.57. The molecule has 1 aromatic rings. The van der Waals surface area contributed by atoms with Crippen molar-refractivity contribution in [2.75, 3.05) is 39.7 Å². The highest BCUT2D eigenvalue weighted by molar-refractivity contribution is 7.90. The van der Waals surface area contributed by atoms with Crippen molar-refractivity contribution in [1.82, 2.24) is 4.90 Å². The van der Waals surface area contributed by atoms with Crippen molar-refractivity contribution in [3.63, 3.8) is 0 Å². The zero-order valence-corrected chi connectivity index (χ0v) is 15.0. The topological polar surface area (TPSA) is 90.0 Å². The Kier molecular flexibility index (Phi) is 4.59. The highest BCUT2D eigenvalue weighted by atomic mass is 32.2. The summed E-state index contributed by atoms with van der Waals surface area (Å²) in [4.78, 5) is 26.7. The summed E-state index contributed by atoms with van der Waals surface area (Å²) in [6.07, 6.45) is 1.30. The molecule has 1 amide bonds. The van der Waals surface area contributed by atoms with Crippen molar-refractivity contribution >= 4 is 21.7 Å². The standard InChI is InChI=1S/C17H21NO6S/c1-23-16(20)17-10-18(8-13(17)9-24-11-17)15(19)7-12-3-5-14(6-4-12)25(2,21)22/h3-6,13H,7-11H2,1-2H3/t13-,17-/m0/s1. The highest BCUT2D eigenvalue weighted by Crippen LogP contribution is 2.42. The number of benzene rings is 1. The summed E-state index contributed by atoms with van der Waals surface area (Å²) in [5, 5.41) is 0. The molecule has 0 aromatic heterocycles. The van der Waals surface area contributed by atoms with E-state index in [-0.39, 0.29) is 35.7 Å². The molecule has 3 rings (SSSR count). The summed E-state index contributed by atoms with van der Waals surface area (Å²) in [6.45, 7) is 1.49. The van der Waals surface area contributed by atoms with E-state index in [4.69, 9.17) is 9.47 Å². The number of hydrogen-bond acceptors (Lipinski definition) is 6. The first-order valence-corrected chi connectivity index (χ1v) is 9.88. The van der Waals surface area contributed by atoms with Crippen LogP contribution in [0.4, 0.5) is 0 Å². The second-order valence-corrected chi connectivity index (χ2v) is 8.74. The van der Waals surface area contributed by atoms with Crippen molar-refractivity contribution in [2.45, 2.75) is 11.3 Å². The molecule has 2 fully saturated rings. The summed E-state index contributed by atoms with van der Waals surface area (Å²) in [7, 11) is -1.91. The van der Waals surface area contributed by atoms with Crippen LogP contribution in [0, 0.1) is 11.3 Å². The summed E-state index contributed by atoms with van der Waals surface area (Å²) in [5.74, 6) is -0.468. The fraction of sp³-hybridized carbons (Fsp3) is 0.529. The number of fused-ring (bicyclic) bond motifs is 1. The van der Waals surface area contributed by atoms with Gasteiger partial charge in [-0.15, -0.1) is 0 Å². The van der Waals surface area contributed by atoms with E-state index in [0.717, 1.165) is 11.8 Å². The first-order chi connectivity index (χ1) is 11.8. The molecule has 0 bridgehead atoms. The monoisotopic (exact) mass is 367 g/mol. The lowest BCUT2D eigenvalue weighted by Gasteiger charge is -2.23. The van der Waals surface area contributed by atoms with Crippen LogP contribution in [0.3, 0.4) is 0 Å². The Hall–Kier alpha value is -1.93. The number of hydrogen-bond donors (Lipinski definition) is 0. The number of nitrogens with zero attached hydrogens (tertiary/aromatic N) is 1. The van der Waals surface area contributed by atoms with E-state index in [2.05, 4.69) is 0 Å². The van der Waals surface area contributed by atoms with Gasteiger partial charge in [-0.3, -0.25) is 9.59 Å². The van der Waals surface area contributed by atoms with Gasteiger partial charge in [-0.25, -0.2) is 8.42 Å². The number of carbonyl (C=O) groups excluding carboxylic acids is 2. The average Bonchev–Trinajstić information content (AvgIpc) is 3.11. The lowest BCUT2D eigenvalue weighted by molar-refractivity contribution is -0.153. The maximum Gasteiger partial charge on any atom is 0.316 e. The molecule has 8 heteroatoms. The number of esters is 1. The molecule has 0 N–H and O–H groups in total. The van der Waals surface area contributed by atoms with Crippen LogP contribution in [-0.4, -0.2) is 64.9 Å². The first kappa shape index (κ1) is 17.9. The molecule has 2 aliphatic heterocycles. The van der Waals surface area contributed by atoms with Crippen LogP contribution in [0.2, 0.25) is 0 Å². The van der Waals surface area contributed by atoms with E-state index in [0.29, 0.717) is 19.7 Å². The van der Waals surface area contributed by atoms with Crippen molar-refractivity contribution in [1.29, 1.82) is 0 Å². The minimum atomic E-state index is -3.26. The Bertz CT molecular complexity index is 788. The molecular weight excluding hydrogens is 346 g/mol. The van der Waals surface area contributed by atoms with E-state index >= 15 is 0 Å². The Morgan fingerprint density at radius 1 is 1.32 bits per heavy atom. The van der Waals surface area contributed by atoms with Crippen LogP contribution < -0.4 is 0 Å². The van der Waals surface area contributed by atoms with Gasteiger partial charge in [0.1, 0.15) is 5.41 Å². The van der Waals surface area contributed by atoms with Gasteiger partial charge in [0.15, 0.2) is 9.84 Å².